The highest BCUT2D eigenvalue weighted by Gasteiger charge is 2.23. The molecule has 0 unspecified atom stereocenters. The number of urea groups is 1. The Hall–Kier alpha value is -3.42. The van der Waals surface area contributed by atoms with Gasteiger partial charge in [0.15, 0.2) is 0 Å². The number of aryl methyl sites for hydroxylation is 1. The van der Waals surface area contributed by atoms with Gasteiger partial charge in [-0.05, 0) is 42.7 Å². The molecule has 3 aromatic rings. The molecule has 0 spiro atoms. The number of piperazine rings is 1. The van der Waals surface area contributed by atoms with Crippen LogP contribution in [0.15, 0.2) is 66.7 Å². The molecule has 37 heavy (non-hydrogen) atoms. The Balaban J connectivity index is 1.23. The number of nitrogens with zero attached hydrogens (tertiary/aromatic N) is 2. The Morgan fingerprint density at radius 3 is 2.16 bits per heavy atom. The molecule has 1 saturated heterocycles. The van der Waals surface area contributed by atoms with Crippen molar-refractivity contribution >= 4 is 52.2 Å². The molecule has 7 nitrogen and oxygen atoms in total. The van der Waals surface area contributed by atoms with Gasteiger partial charge in [-0.15, -0.1) is 0 Å². The van der Waals surface area contributed by atoms with Crippen LogP contribution in [0.25, 0.3) is 0 Å². The second kappa shape index (κ2) is 12.7. The molecule has 1 aliphatic heterocycles. The number of anilines is 3. The van der Waals surface area contributed by atoms with E-state index in [1.807, 2.05) is 42.5 Å². The number of halogens is 2. The van der Waals surface area contributed by atoms with E-state index >= 15 is 0 Å². The average molecular weight is 541 g/mol. The first kappa shape index (κ1) is 26.6. The predicted octanol–water partition coefficient (Wildman–Crippen LogP) is 6.32. The van der Waals surface area contributed by atoms with Crippen LogP contribution in [0.2, 0.25) is 10.0 Å². The van der Waals surface area contributed by atoms with Gasteiger partial charge in [0.2, 0.25) is 5.91 Å². The first-order valence-electron chi connectivity index (χ1n) is 12.2. The van der Waals surface area contributed by atoms with Crippen LogP contribution in [0.5, 0.6) is 5.75 Å². The van der Waals surface area contributed by atoms with Crippen molar-refractivity contribution in [2.45, 2.75) is 19.3 Å². The molecule has 4 rings (SSSR count). The Kier molecular flexibility index (Phi) is 9.14. The fourth-order valence-corrected chi connectivity index (χ4v) is 4.78. The van der Waals surface area contributed by atoms with E-state index in [1.165, 1.54) is 12.7 Å². The summed E-state index contributed by atoms with van der Waals surface area (Å²) in [6, 6.07) is 21.0. The normalized spacial score (nSPS) is 13.3. The maximum absolute atomic E-state index is 12.8. The number of methoxy groups -OCH3 is 1. The minimum Gasteiger partial charge on any atom is -0.497 e. The molecular formula is C28H30Cl2N4O3. The smallest absolute Gasteiger partial charge is 0.322 e. The highest BCUT2D eigenvalue weighted by molar-refractivity contribution is 6.40. The number of amides is 3. The summed E-state index contributed by atoms with van der Waals surface area (Å²) in [7, 11) is 1.53. The highest BCUT2D eigenvalue weighted by atomic mass is 35.5. The van der Waals surface area contributed by atoms with Crippen molar-refractivity contribution in [3.8, 4) is 5.75 Å². The monoisotopic (exact) mass is 540 g/mol. The summed E-state index contributed by atoms with van der Waals surface area (Å²) in [5, 5.41) is 6.42. The number of carbonyl (C=O) groups excluding carboxylic acids is 2. The summed E-state index contributed by atoms with van der Waals surface area (Å²) in [5.74, 6) is 0.538. The molecule has 0 radical (unpaired) electrons. The van der Waals surface area contributed by atoms with Crippen molar-refractivity contribution in [1.82, 2.24) is 4.90 Å². The van der Waals surface area contributed by atoms with Crippen molar-refractivity contribution in [3.05, 3.63) is 82.3 Å². The molecule has 3 amide bonds. The van der Waals surface area contributed by atoms with E-state index in [9.17, 15) is 9.59 Å². The largest absolute Gasteiger partial charge is 0.497 e. The predicted molar refractivity (Wildman–Crippen MR) is 150 cm³/mol. The molecule has 3 aromatic carbocycles. The zero-order valence-electron chi connectivity index (χ0n) is 20.7. The molecule has 1 heterocycles. The number of carbonyl (C=O) groups is 2. The van der Waals surface area contributed by atoms with Gasteiger partial charge in [-0.2, -0.15) is 0 Å². The molecule has 9 heteroatoms. The molecule has 1 fully saturated rings. The quantitative estimate of drug-likeness (QED) is 0.350. The topological polar surface area (TPSA) is 73.9 Å². The molecule has 0 aliphatic carbocycles. The van der Waals surface area contributed by atoms with Crippen molar-refractivity contribution in [2.75, 3.05) is 48.8 Å². The summed E-state index contributed by atoms with van der Waals surface area (Å²) < 4.78 is 5.14. The van der Waals surface area contributed by atoms with Gasteiger partial charge in [0.1, 0.15) is 5.75 Å². The van der Waals surface area contributed by atoms with E-state index in [4.69, 9.17) is 27.9 Å². The van der Waals surface area contributed by atoms with E-state index in [2.05, 4.69) is 27.7 Å². The van der Waals surface area contributed by atoms with Gasteiger partial charge < -0.3 is 25.2 Å². The summed E-state index contributed by atoms with van der Waals surface area (Å²) >= 11 is 12.5. The first-order chi connectivity index (χ1) is 17.9. The van der Waals surface area contributed by atoms with Crippen LogP contribution < -0.4 is 20.3 Å². The zero-order chi connectivity index (χ0) is 26.2. The Bertz CT molecular complexity index is 1190. The summed E-state index contributed by atoms with van der Waals surface area (Å²) in [4.78, 5) is 29.0. The SMILES string of the molecule is COc1cc(Cl)c(NC(=O)N2CCN(c3ccc(NC(=O)CCCc4ccccc4)cc3)CC2)c(Cl)c1. The first-order valence-corrected chi connectivity index (χ1v) is 13.0. The number of nitrogens with one attached hydrogen (secondary N) is 2. The van der Waals surface area contributed by atoms with Gasteiger partial charge in [-0.25, -0.2) is 4.79 Å². The van der Waals surface area contributed by atoms with Gasteiger partial charge in [-0.3, -0.25) is 4.79 Å². The van der Waals surface area contributed by atoms with E-state index in [0.29, 0.717) is 54.1 Å². The van der Waals surface area contributed by atoms with E-state index in [1.54, 1.807) is 17.0 Å². The van der Waals surface area contributed by atoms with Crippen LogP contribution in [0, 0.1) is 0 Å². The van der Waals surface area contributed by atoms with Crippen molar-refractivity contribution in [3.63, 3.8) is 0 Å². The Morgan fingerprint density at radius 2 is 1.54 bits per heavy atom. The van der Waals surface area contributed by atoms with Gasteiger partial charge in [-0.1, -0.05) is 53.5 Å². The Morgan fingerprint density at radius 1 is 0.892 bits per heavy atom. The molecule has 1 aliphatic rings. The van der Waals surface area contributed by atoms with Gasteiger partial charge in [0.25, 0.3) is 0 Å². The van der Waals surface area contributed by atoms with Crippen LogP contribution in [0.4, 0.5) is 21.9 Å². The lowest BCUT2D eigenvalue weighted by molar-refractivity contribution is -0.116. The lowest BCUT2D eigenvalue weighted by atomic mass is 10.1. The molecule has 0 atom stereocenters. The molecule has 0 bridgehead atoms. The van der Waals surface area contributed by atoms with Crippen LogP contribution in [-0.4, -0.2) is 50.1 Å². The molecule has 194 valence electrons. The standard InChI is InChI=1S/C28H30Cl2N4O3/c1-37-23-18-24(29)27(25(30)19-23)32-28(36)34-16-14-33(15-17-34)22-12-10-21(11-13-22)31-26(35)9-5-8-20-6-3-2-4-7-20/h2-4,6-7,10-13,18-19H,5,8-9,14-17H2,1H3,(H,31,35)(H,32,36). The lowest BCUT2D eigenvalue weighted by Gasteiger charge is -2.36. The van der Waals surface area contributed by atoms with Crippen molar-refractivity contribution in [2.24, 2.45) is 0 Å². The zero-order valence-corrected chi connectivity index (χ0v) is 22.2. The summed E-state index contributed by atoms with van der Waals surface area (Å²) in [5.41, 5.74) is 3.43. The van der Waals surface area contributed by atoms with Crippen molar-refractivity contribution in [1.29, 1.82) is 0 Å². The molecule has 0 aromatic heterocycles. The molecular weight excluding hydrogens is 511 g/mol. The van der Waals surface area contributed by atoms with Gasteiger partial charge in [0.05, 0.1) is 22.8 Å². The second-order valence-corrected chi connectivity index (χ2v) is 9.62. The number of hydrogen-bond donors (Lipinski definition) is 2. The highest BCUT2D eigenvalue weighted by Crippen LogP contribution is 2.35. The van der Waals surface area contributed by atoms with E-state index in [0.717, 1.165) is 24.2 Å². The molecule has 2 N–H and O–H groups in total. The molecule has 0 saturated carbocycles. The fourth-order valence-electron chi connectivity index (χ4n) is 4.22. The van der Waals surface area contributed by atoms with E-state index < -0.39 is 0 Å². The minimum atomic E-state index is -0.251. The maximum atomic E-state index is 12.8. The third kappa shape index (κ3) is 7.31. The van der Waals surface area contributed by atoms with Crippen LogP contribution in [0.1, 0.15) is 18.4 Å². The van der Waals surface area contributed by atoms with E-state index in [-0.39, 0.29) is 11.9 Å². The fraction of sp³-hybridized carbons (Fsp3) is 0.286. The maximum Gasteiger partial charge on any atom is 0.322 e. The lowest BCUT2D eigenvalue weighted by Crippen LogP contribution is -2.50. The number of ether oxygens (including phenoxy) is 1. The third-order valence-corrected chi connectivity index (χ3v) is 6.87. The third-order valence-electron chi connectivity index (χ3n) is 6.28. The number of benzene rings is 3. The van der Waals surface area contributed by atoms with Gasteiger partial charge in [0, 0.05) is 56.1 Å². The van der Waals surface area contributed by atoms with Crippen LogP contribution in [-0.2, 0) is 11.2 Å². The Labute approximate surface area is 227 Å². The second-order valence-electron chi connectivity index (χ2n) is 8.80. The summed E-state index contributed by atoms with van der Waals surface area (Å²) in [6.07, 6.45) is 2.17. The van der Waals surface area contributed by atoms with Crippen molar-refractivity contribution < 1.29 is 14.3 Å². The number of rotatable bonds is 8. The van der Waals surface area contributed by atoms with Crippen LogP contribution in [0.3, 0.4) is 0 Å². The average Bonchev–Trinajstić information content (AvgIpc) is 2.91. The van der Waals surface area contributed by atoms with Crippen LogP contribution >= 0.6 is 23.2 Å². The number of hydrogen-bond acceptors (Lipinski definition) is 4. The van der Waals surface area contributed by atoms with Gasteiger partial charge >= 0.3 is 6.03 Å². The minimum absolute atomic E-state index is 0.0142. The summed E-state index contributed by atoms with van der Waals surface area (Å²) in [6.45, 7) is 2.47.